The fraction of sp³-hybridized carbons (Fsp3) is 0.692. The van der Waals surface area contributed by atoms with Gasteiger partial charge in [-0.05, 0) is 26.8 Å². The molecule has 100 valence electrons. The highest BCUT2D eigenvalue weighted by atomic mass is 15.3. The molecule has 2 N–H and O–H groups in total. The zero-order valence-corrected chi connectivity index (χ0v) is 11.6. The molecule has 0 saturated carbocycles. The van der Waals surface area contributed by atoms with E-state index in [0.717, 1.165) is 37.8 Å². The summed E-state index contributed by atoms with van der Waals surface area (Å²) in [5.41, 5.74) is 6.92. The number of piperazine rings is 1. The summed E-state index contributed by atoms with van der Waals surface area (Å²) in [4.78, 5) is 13.5. The van der Waals surface area contributed by atoms with Crippen LogP contribution in [0.1, 0.15) is 19.5 Å². The monoisotopic (exact) mass is 249 g/mol. The number of anilines is 1. The highest BCUT2D eigenvalue weighted by Crippen LogP contribution is 2.17. The Bertz CT molecular complexity index is 396. The van der Waals surface area contributed by atoms with E-state index in [1.807, 2.05) is 19.2 Å². The molecule has 1 aliphatic rings. The van der Waals surface area contributed by atoms with Gasteiger partial charge in [0.25, 0.3) is 0 Å². The first kappa shape index (κ1) is 13.2. The molecule has 0 amide bonds. The van der Waals surface area contributed by atoms with Crippen LogP contribution in [0.3, 0.4) is 0 Å². The van der Waals surface area contributed by atoms with Gasteiger partial charge in [0.15, 0.2) is 0 Å². The smallest absolute Gasteiger partial charge is 0.225 e. The number of nitrogens with zero attached hydrogens (tertiary/aromatic N) is 4. The van der Waals surface area contributed by atoms with Crippen molar-refractivity contribution >= 4 is 5.95 Å². The molecular formula is C13H23N5. The van der Waals surface area contributed by atoms with Gasteiger partial charge in [-0.1, -0.05) is 0 Å². The molecule has 0 aromatic carbocycles. The van der Waals surface area contributed by atoms with E-state index < -0.39 is 0 Å². The van der Waals surface area contributed by atoms with Crippen LogP contribution in [0.2, 0.25) is 0 Å². The summed E-state index contributed by atoms with van der Waals surface area (Å²) in [6, 6.07) is 1.93. The zero-order chi connectivity index (χ0) is 13.2. The minimum atomic E-state index is 0.0829. The van der Waals surface area contributed by atoms with Crippen molar-refractivity contribution in [2.45, 2.75) is 26.3 Å². The summed E-state index contributed by atoms with van der Waals surface area (Å²) in [6.45, 7) is 11.0. The quantitative estimate of drug-likeness (QED) is 0.852. The van der Waals surface area contributed by atoms with Crippen molar-refractivity contribution < 1.29 is 0 Å². The van der Waals surface area contributed by atoms with Crippen LogP contribution in [0.4, 0.5) is 5.95 Å². The fourth-order valence-electron chi connectivity index (χ4n) is 2.23. The Hall–Kier alpha value is -1.20. The van der Waals surface area contributed by atoms with Crippen LogP contribution in [0, 0.1) is 6.92 Å². The molecule has 0 unspecified atom stereocenters. The van der Waals surface area contributed by atoms with E-state index in [4.69, 9.17) is 5.73 Å². The van der Waals surface area contributed by atoms with Crippen molar-refractivity contribution in [1.29, 1.82) is 0 Å². The van der Waals surface area contributed by atoms with Gasteiger partial charge in [0, 0.05) is 50.2 Å². The van der Waals surface area contributed by atoms with E-state index >= 15 is 0 Å². The number of hydrogen-bond donors (Lipinski definition) is 1. The molecule has 1 fully saturated rings. The highest BCUT2D eigenvalue weighted by molar-refractivity contribution is 5.31. The fourth-order valence-corrected chi connectivity index (χ4v) is 2.23. The number of rotatable bonds is 3. The van der Waals surface area contributed by atoms with E-state index in [9.17, 15) is 0 Å². The molecule has 0 spiro atoms. The van der Waals surface area contributed by atoms with Gasteiger partial charge in [-0.3, -0.25) is 4.90 Å². The zero-order valence-electron chi connectivity index (χ0n) is 11.6. The van der Waals surface area contributed by atoms with E-state index in [0.29, 0.717) is 6.54 Å². The summed E-state index contributed by atoms with van der Waals surface area (Å²) in [7, 11) is 0. The predicted octanol–water partition coefficient (Wildman–Crippen LogP) is 0.644. The number of hydrogen-bond acceptors (Lipinski definition) is 5. The van der Waals surface area contributed by atoms with Crippen LogP contribution >= 0.6 is 0 Å². The Morgan fingerprint density at radius 1 is 1.28 bits per heavy atom. The molecule has 1 aromatic heterocycles. The normalized spacial score (nSPS) is 18.1. The molecule has 0 bridgehead atoms. The molecule has 2 heterocycles. The first-order chi connectivity index (χ1) is 8.53. The Morgan fingerprint density at radius 2 is 1.94 bits per heavy atom. The third-order valence-electron chi connectivity index (χ3n) is 3.70. The molecule has 0 atom stereocenters. The van der Waals surface area contributed by atoms with Crippen LogP contribution in [-0.4, -0.2) is 53.1 Å². The molecule has 5 heteroatoms. The maximum absolute atomic E-state index is 5.82. The second-order valence-electron chi connectivity index (χ2n) is 5.49. The molecule has 0 aliphatic carbocycles. The van der Waals surface area contributed by atoms with Gasteiger partial charge in [-0.2, -0.15) is 0 Å². The van der Waals surface area contributed by atoms with Crippen molar-refractivity contribution in [3.05, 3.63) is 18.0 Å². The van der Waals surface area contributed by atoms with E-state index in [1.54, 1.807) is 0 Å². The first-order valence-corrected chi connectivity index (χ1v) is 6.52. The first-order valence-electron chi connectivity index (χ1n) is 6.52. The maximum atomic E-state index is 5.82. The maximum Gasteiger partial charge on any atom is 0.225 e. The molecule has 5 nitrogen and oxygen atoms in total. The molecule has 1 saturated heterocycles. The summed E-state index contributed by atoms with van der Waals surface area (Å²) < 4.78 is 0. The van der Waals surface area contributed by atoms with Gasteiger partial charge < -0.3 is 10.6 Å². The van der Waals surface area contributed by atoms with Gasteiger partial charge in [0.1, 0.15) is 0 Å². The largest absolute Gasteiger partial charge is 0.338 e. The average molecular weight is 249 g/mol. The van der Waals surface area contributed by atoms with Crippen LogP contribution in [0.25, 0.3) is 0 Å². The average Bonchev–Trinajstić information content (AvgIpc) is 2.39. The van der Waals surface area contributed by atoms with Crippen molar-refractivity contribution in [3.8, 4) is 0 Å². The summed E-state index contributed by atoms with van der Waals surface area (Å²) in [5.74, 6) is 0.847. The second-order valence-corrected chi connectivity index (χ2v) is 5.49. The van der Waals surface area contributed by atoms with Crippen molar-refractivity contribution in [1.82, 2.24) is 14.9 Å². The Morgan fingerprint density at radius 3 is 2.50 bits per heavy atom. The Labute approximate surface area is 109 Å². The molecule has 18 heavy (non-hydrogen) atoms. The van der Waals surface area contributed by atoms with Crippen molar-refractivity contribution in [2.75, 3.05) is 37.6 Å². The minimum Gasteiger partial charge on any atom is -0.338 e. The van der Waals surface area contributed by atoms with Gasteiger partial charge in [0.05, 0.1) is 0 Å². The molecular weight excluding hydrogens is 226 g/mol. The SMILES string of the molecule is Cc1ccnc(N2CCN(C(C)(C)CN)CC2)n1. The predicted molar refractivity (Wildman–Crippen MR) is 73.7 cm³/mol. The molecule has 2 rings (SSSR count). The van der Waals surface area contributed by atoms with Crippen LogP contribution < -0.4 is 10.6 Å². The van der Waals surface area contributed by atoms with Crippen LogP contribution in [0.15, 0.2) is 12.3 Å². The van der Waals surface area contributed by atoms with Crippen LogP contribution in [0.5, 0.6) is 0 Å². The number of aryl methyl sites for hydroxylation is 1. The topological polar surface area (TPSA) is 58.3 Å². The number of nitrogens with two attached hydrogens (primary N) is 1. The summed E-state index contributed by atoms with van der Waals surface area (Å²) >= 11 is 0. The minimum absolute atomic E-state index is 0.0829. The lowest BCUT2D eigenvalue weighted by Gasteiger charge is -2.43. The van der Waals surface area contributed by atoms with Gasteiger partial charge >= 0.3 is 0 Å². The standard InChI is InChI=1S/C13H23N5/c1-11-4-5-15-12(16-11)17-6-8-18(9-7-17)13(2,3)10-14/h4-5H,6-10,14H2,1-3H3. The second kappa shape index (κ2) is 5.20. The number of aromatic nitrogens is 2. The molecule has 1 aromatic rings. The lowest BCUT2D eigenvalue weighted by Crippen LogP contribution is -2.57. The molecule has 0 radical (unpaired) electrons. The van der Waals surface area contributed by atoms with E-state index in [1.165, 1.54) is 0 Å². The third kappa shape index (κ3) is 2.79. The lowest BCUT2D eigenvalue weighted by atomic mass is 10.0. The Kier molecular flexibility index (Phi) is 3.82. The van der Waals surface area contributed by atoms with Gasteiger partial charge in [-0.25, -0.2) is 9.97 Å². The van der Waals surface area contributed by atoms with E-state index in [-0.39, 0.29) is 5.54 Å². The molecule has 1 aliphatic heterocycles. The van der Waals surface area contributed by atoms with E-state index in [2.05, 4.69) is 33.6 Å². The van der Waals surface area contributed by atoms with Crippen molar-refractivity contribution in [2.24, 2.45) is 5.73 Å². The summed E-state index contributed by atoms with van der Waals surface area (Å²) in [6.07, 6.45) is 1.83. The Balaban J connectivity index is 1.99. The third-order valence-corrected chi connectivity index (χ3v) is 3.70. The van der Waals surface area contributed by atoms with Gasteiger partial charge in [-0.15, -0.1) is 0 Å². The van der Waals surface area contributed by atoms with Gasteiger partial charge in [0.2, 0.25) is 5.95 Å². The van der Waals surface area contributed by atoms with Crippen LogP contribution in [-0.2, 0) is 0 Å². The lowest BCUT2D eigenvalue weighted by molar-refractivity contribution is 0.118. The summed E-state index contributed by atoms with van der Waals surface area (Å²) in [5, 5.41) is 0. The highest BCUT2D eigenvalue weighted by Gasteiger charge is 2.29. The van der Waals surface area contributed by atoms with Crippen molar-refractivity contribution in [3.63, 3.8) is 0 Å².